The third-order valence-corrected chi connectivity index (χ3v) is 12.8. The highest BCUT2D eigenvalue weighted by Crippen LogP contribution is 2.44. The van der Waals surface area contributed by atoms with Crippen molar-refractivity contribution in [3.05, 3.63) is 24.8 Å². The fraction of sp³-hybridized carbons (Fsp3) is 0.875. The first-order valence-corrected chi connectivity index (χ1v) is 18.9. The molecule has 1 heterocycles. The van der Waals surface area contributed by atoms with Crippen molar-refractivity contribution < 1.29 is 19.4 Å². The molecule has 4 aliphatic rings. The molecule has 3 saturated carbocycles. The quantitative estimate of drug-likeness (QED) is 0.139. The minimum atomic E-state index is 0.0360. The van der Waals surface area contributed by atoms with Gasteiger partial charge in [0, 0.05) is 18.9 Å². The molecule has 12 atom stereocenters. The van der Waals surface area contributed by atoms with Crippen molar-refractivity contribution in [2.45, 2.75) is 162 Å². The summed E-state index contributed by atoms with van der Waals surface area (Å²) in [4.78, 5) is 13.2. The molecule has 0 spiro atoms. The minimum absolute atomic E-state index is 0.0360. The number of ether oxygens (including phenoxy) is 2. The maximum Gasteiger partial charge on any atom is 0.306 e. The summed E-state index contributed by atoms with van der Waals surface area (Å²) in [5.41, 5.74) is 1.45. The van der Waals surface area contributed by atoms with E-state index in [2.05, 4.69) is 46.9 Å². The van der Waals surface area contributed by atoms with Crippen LogP contribution >= 0.6 is 0 Å². The van der Waals surface area contributed by atoms with E-state index in [1.165, 1.54) is 63.4 Å². The first-order chi connectivity index (χ1) is 21.2. The van der Waals surface area contributed by atoms with E-state index in [1.54, 1.807) is 0 Å². The van der Waals surface area contributed by atoms with Gasteiger partial charge in [-0.1, -0.05) is 65.2 Å². The summed E-state index contributed by atoms with van der Waals surface area (Å²) in [7, 11) is 0. The maximum atomic E-state index is 13.2. The maximum absolute atomic E-state index is 13.2. The molecule has 44 heavy (non-hydrogen) atoms. The Kier molecular flexibility index (Phi) is 14.4. The topological polar surface area (TPSA) is 55.8 Å². The Bertz CT molecular complexity index is 894. The van der Waals surface area contributed by atoms with Crippen LogP contribution in [-0.4, -0.2) is 36.0 Å². The summed E-state index contributed by atoms with van der Waals surface area (Å²) in [5, 5.41) is 9.53. The minimum Gasteiger partial charge on any atom is -0.462 e. The van der Waals surface area contributed by atoms with Gasteiger partial charge in [0.25, 0.3) is 0 Å². The number of hydrogen-bond donors (Lipinski definition) is 1. The van der Waals surface area contributed by atoms with Gasteiger partial charge >= 0.3 is 5.97 Å². The molecular formula is C40H68O4. The predicted octanol–water partition coefficient (Wildman–Crippen LogP) is 10.1. The molecule has 4 rings (SSSR count). The second-order valence-corrected chi connectivity index (χ2v) is 16.2. The number of aliphatic hydroxyl groups is 1. The van der Waals surface area contributed by atoms with E-state index < -0.39 is 0 Å². The van der Waals surface area contributed by atoms with Crippen LogP contribution in [0.3, 0.4) is 0 Å². The first kappa shape index (κ1) is 35.7. The average Bonchev–Trinajstić information content (AvgIpc) is 3.66. The van der Waals surface area contributed by atoms with Gasteiger partial charge in [0.05, 0.1) is 12.2 Å². The van der Waals surface area contributed by atoms with Crippen molar-refractivity contribution in [1.82, 2.24) is 0 Å². The van der Waals surface area contributed by atoms with Crippen LogP contribution in [0, 0.1) is 53.3 Å². The third-order valence-electron chi connectivity index (χ3n) is 12.8. The molecule has 0 amide bonds. The predicted molar refractivity (Wildman–Crippen MR) is 182 cm³/mol. The van der Waals surface area contributed by atoms with Gasteiger partial charge in [-0.2, -0.15) is 0 Å². The van der Waals surface area contributed by atoms with Gasteiger partial charge in [0.1, 0.15) is 6.10 Å². The van der Waals surface area contributed by atoms with E-state index in [9.17, 15) is 9.90 Å². The van der Waals surface area contributed by atoms with Crippen LogP contribution in [0.5, 0.6) is 0 Å². The highest BCUT2D eigenvalue weighted by molar-refractivity contribution is 5.70. The van der Waals surface area contributed by atoms with E-state index in [0.29, 0.717) is 72.6 Å². The number of esters is 1. The molecule has 1 aliphatic heterocycles. The SMILES string of the molecule is C=CC(CC(C)C1CC(CC(=O)OC2CC[C@@H](CCC(CC)CO)C[C@@H]2C)CCC1C)C1CCC(CCC2CCC(=C)C2)O1. The van der Waals surface area contributed by atoms with E-state index in [-0.39, 0.29) is 12.1 Å². The number of carbonyl (C=O) groups excluding carboxylic acids is 1. The Labute approximate surface area is 271 Å². The molecule has 0 bridgehead atoms. The summed E-state index contributed by atoms with van der Waals surface area (Å²) < 4.78 is 12.8. The van der Waals surface area contributed by atoms with Crippen LogP contribution in [0.15, 0.2) is 24.8 Å². The van der Waals surface area contributed by atoms with Crippen LogP contribution in [0.1, 0.15) is 143 Å². The highest BCUT2D eigenvalue weighted by Gasteiger charge is 2.37. The summed E-state index contributed by atoms with van der Waals surface area (Å²) in [6.07, 6.45) is 23.6. The molecule has 0 aromatic rings. The van der Waals surface area contributed by atoms with Crippen molar-refractivity contribution in [1.29, 1.82) is 0 Å². The molecule has 0 radical (unpaired) electrons. The van der Waals surface area contributed by atoms with Crippen molar-refractivity contribution in [3.63, 3.8) is 0 Å². The molecule has 3 aliphatic carbocycles. The fourth-order valence-corrected chi connectivity index (χ4v) is 9.65. The zero-order valence-corrected chi connectivity index (χ0v) is 29.0. The van der Waals surface area contributed by atoms with Crippen LogP contribution in [0.4, 0.5) is 0 Å². The highest BCUT2D eigenvalue weighted by atomic mass is 16.5. The summed E-state index contributed by atoms with van der Waals surface area (Å²) in [5.74, 6) is 5.28. The van der Waals surface area contributed by atoms with Crippen molar-refractivity contribution in [3.8, 4) is 0 Å². The van der Waals surface area contributed by atoms with Crippen LogP contribution in [0.2, 0.25) is 0 Å². The monoisotopic (exact) mass is 613 g/mol. The smallest absolute Gasteiger partial charge is 0.306 e. The van der Waals surface area contributed by atoms with Gasteiger partial charge in [0.2, 0.25) is 0 Å². The van der Waals surface area contributed by atoms with Crippen molar-refractivity contribution in [2.24, 2.45) is 53.3 Å². The van der Waals surface area contributed by atoms with E-state index in [0.717, 1.165) is 57.3 Å². The zero-order chi connectivity index (χ0) is 31.6. The molecule has 4 nitrogen and oxygen atoms in total. The molecule has 4 heteroatoms. The lowest BCUT2D eigenvalue weighted by Gasteiger charge is -2.39. The molecule has 1 N–H and O–H groups in total. The van der Waals surface area contributed by atoms with E-state index in [4.69, 9.17) is 9.47 Å². The zero-order valence-electron chi connectivity index (χ0n) is 29.0. The molecular weight excluding hydrogens is 544 g/mol. The van der Waals surface area contributed by atoms with E-state index in [1.807, 2.05) is 0 Å². The summed E-state index contributed by atoms with van der Waals surface area (Å²) >= 11 is 0. The Morgan fingerprint density at radius 2 is 1.80 bits per heavy atom. The Morgan fingerprint density at radius 1 is 1.00 bits per heavy atom. The lowest BCUT2D eigenvalue weighted by Crippen LogP contribution is -2.34. The van der Waals surface area contributed by atoms with Gasteiger partial charge < -0.3 is 14.6 Å². The van der Waals surface area contributed by atoms with E-state index >= 15 is 0 Å². The van der Waals surface area contributed by atoms with Gasteiger partial charge in [-0.3, -0.25) is 4.79 Å². The number of allylic oxidation sites excluding steroid dienone is 1. The standard InChI is InChI=1S/C40H68O4/c1-7-31(26-41)13-14-33-16-19-38(30(6)22-33)44-40(42)25-34-12-10-28(4)37(24-34)29(5)23-35(8-2)39-20-18-36(43-39)17-15-32-11-9-27(3)21-32/h8,28-39,41H,2-3,7,9-26H2,1,4-6H3/t28?,29?,30-,31?,32?,33+,34?,35?,36?,37?,38?,39?/m0/s1. The number of hydrogen-bond acceptors (Lipinski definition) is 4. The molecule has 0 aromatic carbocycles. The number of aliphatic hydroxyl groups excluding tert-OH is 1. The van der Waals surface area contributed by atoms with Crippen LogP contribution in [0.25, 0.3) is 0 Å². The lowest BCUT2D eigenvalue weighted by atomic mass is 9.67. The second kappa shape index (κ2) is 17.7. The number of carbonyl (C=O) groups is 1. The van der Waals surface area contributed by atoms with Gasteiger partial charge in [0.15, 0.2) is 0 Å². The lowest BCUT2D eigenvalue weighted by molar-refractivity contribution is -0.155. The van der Waals surface area contributed by atoms with Gasteiger partial charge in [-0.05, 0) is 137 Å². The van der Waals surface area contributed by atoms with Gasteiger partial charge in [-0.25, -0.2) is 0 Å². The number of rotatable bonds is 16. The largest absolute Gasteiger partial charge is 0.462 e. The first-order valence-electron chi connectivity index (χ1n) is 18.9. The van der Waals surface area contributed by atoms with Gasteiger partial charge in [-0.15, -0.1) is 6.58 Å². The van der Waals surface area contributed by atoms with Crippen LogP contribution in [-0.2, 0) is 14.3 Å². The Balaban J connectivity index is 1.18. The fourth-order valence-electron chi connectivity index (χ4n) is 9.65. The Morgan fingerprint density at radius 3 is 2.48 bits per heavy atom. The van der Waals surface area contributed by atoms with Crippen LogP contribution < -0.4 is 0 Å². The summed E-state index contributed by atoms with van der Waals surface area (Å²) in [6, 6.07) is 0. The molecule has 252 valence electrons. The Hall–Kier alpha value is -1.13. The van der Waals surface area contributed by atoms with Crippen molar-refractivity contribution >= 4 is 5.97 Å². The third kappa shape index (κ3) is 10.4. The molecule has 10 unspecified atom stereocenters. The normalized spacial score (nSPS) is 36.6. The average molecular weight is 613 g/mol. The van der Waals surface area contributed by atoms with Crippen molar-refractivity contribution in [2.75, 3.05) is 6.61 Å². The molecule has 1 saturated heterocycles. The molecule has 4 fully saturated rings. The second-order valence-electron chi connectivity index (χ2n) is 16.2. The summed E-state index contributed by atoms with van der Waals surface area (Å²) in [6.45, 7) is 18.1. The molecule has 0 aromatic heterocycles.